The maximum atomic E-state index is 12.4. The van der Waals surface area contributed by atoms with E-state index in [1.54, 1.807) is 6.07 Å². The second-order valence-electron chi connectivity index (χ2n) is 5.27. The topological polar surface area (TPSA) is 55.4 Å². The van der Waals surface area contributed by atoms with Gasteiger partial charge in [0, 0.05) is 6.04 Å². The van der Waals surface area contributed by atoms with Crippen molar-refractivity contribution in [3.05, 3.63) is 29.3 Å². The Hall–Kier alpha value is -1.28. The SMILES string of the molecule is CCCN[C@H]1CCc2c(cccc2OS(=O)(=O)C(F)(F)F)C1. The largest absolute Gasteiger partial charge is 0.534 e. The molecule has 0 heterocycles. The molecule has 0 aliphatic heterocycles. The summed E-state index contributed by atoms with van der Waals surface area (Å²) in [5, 5.41) is 3.37. The third-order valence-electron chi connectivity index (χ3n) is 3.61. The van der Waals surface area contributed by atoms with Crippen LogP contribution in [0.3, 0.4) is 0 Å². The standard InChI is InChI=1S/C14H18F3NO3S/c1-2-8-18-11-6-7-12-10(9-11)4-3-5-13(12)21-22(19,20)14(15,16)17/h3-5,11,18H,2,6-9H2,1H3/t11-/m0/s1. The summed E-state index contributed by atoms with van der Waals surface area (Å²) < 4.78 is 63.9. The fourth-order valence-corrected chi connectivity index (χ4v) is 3.03. The third kappa shape index (κ3) is 3.73. The Bertz CT molecular complexity index is 629. The highest BCUT2D eigenvalue weighted by atomic mass is 32.2. The Morgan fingerprint density at radius 2 is 2.09 bits per heavy atom. The first-order valence-electron chi connectivity index (χ1n) is 7.09. The Kier molecular flexibility index (Phi) is 5.01. The fourth-order valence-electron chi connectivity index (χ4n) is 2.54. The Labute approximate surface area is 127 Å². The van der Waals surface area contributed by atoms with Crippen LogP contribution >= 0.6 is 0 Å². The molecule has 0 saturated heterocycles. The van der Waals surface area contributed by atoms with Gasteiger partial charge in [0.05, 0.1) is 0 Å². The van der Waals surface area contributed by atoms with E-state index in [1.165, 1.54) is 12.1 Å². The second kappa shape index (κ2) is 6.45. The zero-order valence-corrected chi connectivity index (χ0v) is 12.9. The summed E-state index contributed by atoms with van der Waals surface area (Å²) in [4.78, 5) is 0. The van der Waals surface area contributed by atoms with E-state index < -0.39 is 15.6 Å². The van der Waals surface area contributed by atoms with Crippen molar-refractivity contribution >= 4 is 10.1 Å². The van der Waals surface area contributed by atoms with Gasteiger partial charge in [-0.2, -0.15) is 21.6 Å². The van der Waals surface area contributed by atoms with Crippen LogP contribution in [0.25, 0.3) is 0 Å². The maximum Gasteiger partial charge on any atom is 0.534 e. The van der Waals surface area contributed by atoms with Crippen molar-refractivity contribution in [1.82, 2.24) is 5.32 Å². The number of benzene rings is 1. The molecule has 1 aromatic rings. The molecule has 0 bridgehead atoms. The zero-order valence-electron chi connectivity index (χ0n) is 12.1. The van der Waals surface area contributed by atoms with E-state index in [0.29, 0.717) is 18.4 Å². The summed E-state index contributed by atoms with van der Waals surface area (Å²) >= 11 is 0. The highest BCUT2D eigenvalue weighted by Gasteiger charge is 2.48. The van der Waals surface area contributed by atoms with Crippen LogP contribution < -0.4 is 9.50 Å². The third-order valence-corrected chi connectivity index (χ3v) is 4.57. The Balaban J connectivity index is 2.21. The second-order valence-corrected chi connectivity index (χ2v) is 6.81. The van der Waals surface area contributed by atoms with Gasteiger partial charge in [-0.15, -0.1) is 0 Å². The minimum Gasteiger partial charge on any atom is -0.376 e. The van der Waals surface area contributed by atoms with E-state index in [0.717, 1.165) is 24.9 Å². The van der Waals surface area contributed by atoms with E-state index in [1.807, 2.05) is 0 Å². The van der Waals surface area contributed by atoms with Gasteiger partial charge in [-0.05, 0) is 49.4 Å². The minimum absolute atomic E-state index is 0.219. The van der Waals surface area contributed by atoms with Gasteiger partial charge < -0.3 is 9.50 Å². The lowest BCUT2D eigenvalue weighted by molar-refractivity contribution is -0.0500. The van der Waals surface area contributed by atoms with Gasteiger partial charge in [0.25, 0.3) is 0 Å². The predicted molar refractivity (Wildman–Crippen MR) is 76.2 cm³/mol. The molecular formula is C14H18F3NO3S. The number of alkyl halides is 3. The lowest BCUT2D eigenvalue weighted by Crippen LogP contribution is -2.35. The van der Waals surface area contributed by atoms with Crippen LogP contribution in [0.2, 0.25) is 0 Å². The van der Waals surface area contributed by atoms with Crippen LogP contribution in [0.4, 0.5) is 13.2 Å². The van der Waals surface area contributed by atoms with Crippen molar-refractivity contribution in [2.45, 2.75) is 44.2 Å². The molecule has 0 amide bonds. The predicted octanol–water partition coefficient (Wildman–Crippen LogP) is 2.77. The van der Waals surface area contributed by atoms with Crippen LogP contribution in [0.1, 0.15) is 30.9 Å². The molecule has 0 unspecified atom stereocenters. The molecule has 0 fully saturated rings. The van der Waals surface area contributed by atoms with Crippen LogP contribution in [0.5, 0.6) is 5.75 Å². The molecule has 1 aromatic carbocycles. The normalized spacial score (nSPS) is 18.8. The summed E-state index contributed by atoms with van der Waals surface area (Å²) in [6.45, 7) is 2.93. The van der Waals surface area contributed by atoms with E-state index in [4.69, 9.17) is 0 Å². The number of nitrogens with one attached hydrogen (secondary N) is 1. The summed E-state index contributed by atoms with van der Waals surface area (Å²) in [7, 11) is -5.63. The average Bonchev–Trinajstić information content (AvgIpc) is 2.43. The molecule has 22 heavy (non-hydrogen) atoms. The molecule has 0 radical (unpaired) electrons. The first-order valence-corrected chi connectivity index (χ1v) is 8.50. The smallest absolute Gasteiger partial charge is 0.376 e. The average molecular weight is 337 g/mol. The van der Waals surface area contributed by atoms with E-state index >= 15 is 0 Å². The fraction of sp³-hybridized carbons (Fsp3) is 0.571. The number of hydrogen-bond acceptors (Lipinski definition) is 4. The van der Waals surface area contributed by atoms with Crippen molar-refractivity contribution in [2.75, 3.05) is 6.54 Å². The molecule has 0 aromatic heterocycles. The van der Waals surface area contributed by atoms with Crippen molar-refractivity contribution < 1.29 is 25.8 Å². The van der Waals surface area contributed by atoms with Crippen LogP contribution in [-0.4, -0.2) is 26.5 Å². The number of rotatable bonds is 5. The highest BCUT2D eigenvalue weighted by Crippen LogP contribution is 2.33. The van der Waals surface area contributed by atoms with E-state index in [2.05, 4.69) is 16.4 Å². The molecule has 124 valence electrons. The summed E-state index contributed by atoms with van der Waals surface area (Å²) in [5.74, 6) is -0.219. The van der Waals surface area contributed by atoms with Gasteiger partial charge in [-0.1, -0.05) is 19.1 Å². The van der Waals surface area contributed by atoms with Crippen molar-refractivity contribution in [3.63, 3.8) is 0 Å². The lowest BCUT2D eigenvalue weighted by Gasteiger charge is -2.27. The van der Waals surface area contributed by atoms with Gasteiger partial charge >= 0.3 is 15.6 Å². The number of fused-ring (bicyclic) bond motifs is 1. The van der Waals surface area contributed by atoms with Crippen molar-refractivity contribution in [1.29, 1.82) is 0 Å². The summed E-state index contributed by atoms with van der Waals surface area (Å²) in [5.41, 5.74) is -4.05. The van der Waals surface area contributed by atoms with Crippen LogP contribution in [-0.2, 0) is 23.0 Å². The van der Waals surface area contributed by atoms with Gasteiger partial charge in [0.1, 0.15) is 5.75 Å². The lowest BCUT2D eigenvalue weighted by atomic mass is 9.87. The van der Waals surface area contributed by atoms with Gasteiger partial charge in [0.15, 0.2) is 0 Å². The molecule has 2 rings (SSSR count). The monoisotopic (exact) mass is 337 g/mol. The molecule has 0 saturated carbocycles. The van der Waals surface area contributed by atoms with Gasteiger partial charge in [-0.3, -0.25) is 0 Å². The van der Waals surface area contributed by atoms with Gasteiger partial charge in [0.2, 0.25) is 0 Å². The quantitative estimate of drug-likeness (QED) is 0.663. The molecule has 1 N–H and O–H groups in total. The molecule has 0 spiro atoms. The Morgan fingerprint density at radius 3 is 2.73 bits per heavy atom. The molecule has 8 heteroatoms. The first kappa shape index (κ1) is 17.1. The molecule has 4 nitrogen and oxygen atoms in total. The zero-order chi connectivity index (χ0) is 16.4. The van der Waals surface area contributed by atoms with Crippen molar-refractivity contribution in [2.24, 2.45) is 0 Å². The van der Waals surface area contributed by atoms with E-state index in [-0.39, 0.29) is 11.8 Å². The molecule has 1 aliphatic rings. The summed E-state index contributed by atoms with van der Waals surface area (Å²) in [6.07, 6.45) is 2.87. The van der Waals surface area contributed by atoms with Crippen LogP contribution in [0.15, 0.2) is 18.2 Å². The minimum atomic E-state index is -5.63. The molecule has 1 atom stereocenters. The Morgan fingerprint density at radius 1 is 1.36 bits per heavy atom. The number of hydrogen-bond donors (Lipinski definition) is 1. The van der Waals surface area contributed by atoms with E-state index in [9.17, 15) is 21.6 Å². The summed E-state index contributed by atoms with van der Waals surface area (Å²) in [6, 6.07) is 4.83. The van der Waals surface area contributed by atoms with Gasteiger partial charge in [-0.25, -0.2) is 0 Å². The highest BCUT2D eigenvalue weighted by molar-refractivity contribution is 7.88. The maximum absolute atomic E-state index is 12.4. The molecule has 1 aliphatic carbocycles. The van der Waals surface area contributed by atoms with Crippen LogP contribution in [0, 0.1) is 0 Å². The first-order chi connectivity index (χ1) is 10.2. The molecular weight excluding hydrogens is 319 g/mol. The van der Waals surface area contributed by atoms with Crippen molar-refractivity contribution in [3.8, 4) is 5.75 Å². The number of halogens is 3.